The number of alkyl halides is 2. The van der Waals surface area contributed by atoms with E-state index in [0.29, 0.717) is 12.8 Å². The van der Waals surface area contributed by atoms with Gasteiger partial charge in [-0.15, -0.1) is 0 Å². The molecule has 0 aromatic carbocycles. The van der Waals surface area contributed by atoms with Crippen molar-refractivity contribution < 1.29 is 14.6 Å². The first-order valence-electron chi connectivity index (χ1n) is 4.19. The van der Waals surface area contributed by atoms with Crippen molar-refractivity contribution in [3.05, 3.63) is 0 Å². The maximum absolute atomic E-state index is 11.1. The highest BCUT2D eigenvalue weighted by atomic mass is 35.5. The molecule has 1 N–H and O–H groups in total. The lowest BCUT2D eigenvalue weighted by molar-refractivity contribution is -0.146. The largest absolute Gasteiger partial charge is 0.464 e. The molecule has 0 aliphatic rings. The molecule has 0 heterocycles. The van der Waals surface area contributed by atoms with E-state index in [1.165, 1.54) is 0 Å². The first kappa shape index (κ1) is 13.0. The molecule has 0 spiro atoms. The summed E-state index contributed by atoms with van der Waals surface area (Å²) in [5.74, 6) is -0.792. The van der Waals surface area contributed by atoms with Crippen molar-refractivity contribution in [1.82, 2.24) is 0 Å². The number of esters is 1. The summed E-state index contributed by atoms with van der Waals surface area (Å²) >= 11 is 11.3. The molecule has 0 saturated heterocycles. The van der Waals surface area contributed by atoms with E-state index in [2.05, 4.69) is 4.74 Å². The Balaban J connectivity index is 4.26. The van der Waals surface area contributed by atoms with Crippen LogP contribution in [-0.4, -0.2) is 28.1 Å². The van der Waals surface area contributed by atoms with Gasteiger partial charge < -0.3 is 9.84 Å². The van der Waals surface area contributed by atoms with Crippen LogP contribution in [0.25, 0.3) is 0 Å². The number of aliphatic hydroxyl groups is 1. The van der Waals surface area contributed by atoms with E-state index < -0.39 is 16.4 Å². The van der Waals surface area contributed by atoms with E-state index in [0.717, 1.165) is 0 Å². The summed E-state index contributed by atoms with van der Waals surface area (Å²) in [5.41, 5.74) is 0. The number of ether oxygens (including phenoxy) is 1. The molecule has 0 radical (unpaired) electrons. The van der Waals surface area contributed by atoms with Gasteiger partial charge in [0.25, 0.3) is 0 Å². The first-order chi connectivity index (χ1) is 5.96. The molecule has 1 atom stereocenters. The van der Waals surface area contributed by atoms with Gasteiger partial charge in [-0.3, -0.25) is 0 Å². The van der Waals surface area contributed by atoms with Gasteiger partial charge in [0, 0.05) is 0 Å². The van der Waals surface area contributed by atoms with Gasteiger partial charge in [0.15, 0.2) is 0 Å². The molecule has 0 saturated carbocycles. The Morgan fingerprint density at radius 1 is 1.54 bits per heavy atom. The highest BCUT2D eigenvalue weighted by molar-refractivity contribution is 6.58. The van der Waals surface area contributed by atoms with Gasteiger partial charge in [-0.1, -0.05) is 36.5 Å². The molecule has 0 bridgehead atoms. The van der Waals surface area contributed by atoms with Crippen molar-refractivity contribution in [2.75, 3.05) is 6.61 Å². The van der Waals surface area contributed by atoms with E-state index >= 15 is 0 Å². The maximum atomic E-state index is 11.1. The Kier molecular flexibility index (Phi) is 5.68. The fraction of sp³-hybridized carbons (Fsp3) is 0.875. The lowest BCUT2D eigenvalue weighted by atomic mass is 10.1. The summed E-state index contributed by atoms with van der Waals surface area (Å²) < 4.78 is 2.77. The molecule has 13 heavy (non-hydrogen) atoms. The molecular weight excluding hydrogens is 215 g/mol. The van der Waals surface area contributed by atoms with Gasteiger partial charge in [-0.25, -0.2) is 4.79 Å². The highest BCUT2D eigenvalue weighted by Crippen LogP contribution is 2.29. The number of aliphatic hydroxyl groups excluding tert-OH is 1. The van der Waals surface area contributed by atoms with Gasteiger partial charge in [0.05, 0.1) is 12.7 Å². The zero-order chi connectivity index (χ0) is 10.5. The second-order valence-electron chi connectivity index (χ2n) is 2.65. The average Bonchev–Trinajstić information content (AvgIpc) is 2.05. The maximum Gasteiger partial charge on any atom is 0.345 e. The molecule has 0 fully saturated rings. The monoisotopic (exact) mass is 228 g/mol. The van der Waals surface area contributed by atoms with Crippen molar-refractivity contribution in [1.29, 1.82) is 0 Å². The summed E-state index contributed by atoms with van der Waals surface area (Å²) in [6, 6.07) is 0. The van der Waals surface area contributed by atoms with Crippen LogP contribution in [0.5, 0.6) is 0 Å². The van der Waals surface area contributed by atoms with Crippen molar-refractivity contribution >= 4 is 29.2 Å². The standard InChI is InChI=1S/C8H14Cl2O3/c1-3-5-6(11)8(9,10)7(12)13-4-2/h6,11H,3-5H2,1-2H3. The van der Waals surface area contributed by atoms with Crippen molar-refractivity contribution in [2.24, 2.45) is 0 Å². The van der Waals surface area contributed by atoms with Gasteiger partial charge in [0.1, 0.15) is 0 Å². The summed E-state index contributed by atoms with van der Waals surface area (Å²) in [7, 11) is 0. The second kappa shape index (κ2) is 5.68. The summed E-state index contributed by atoms with van der Waals surface area (Å²) in [4.78, 5) is 11.1. The Labute approximate surface area is 88.0 Å². The minimum Gasteiger partial charge on any atom is -0.464 e. The smallest absolute Gasteiger partial charge is 0.345 e. The predicted octanol–water partition coefficient (Wildman–Crippen LogP) is 1.88. The van der Waals surface area contributed by atoms with Crippen LogP contribution in [0.15, 0.2) is 0 Å². The van der Waals surface area contributed by atoms with Gasteiger partial charge in [-0.2, -0.15) is 0 Å². The molecule has 0 amide bonds. The Morgan fingerprint density at radius 3 is 2.46 bits per heavy atom. The fourth-order valence-corrected chi connectivity index (χ4v) is 1.15. The third-order valence-corrected chi connectivity index (χ3v) is 2.34. The van der Waals surface area contributed by atoms with E-state index in [1.807, 2.05) is 6.92 Å². The van der Waals surface area contributed by atoms with Crippen molar-refractivity contribution in [3.8, 4) is 0 Å². The van der Waals surface area contributed by atoms with E-state index in [4.69, 9.17) is 23.2 Å². The zero-order valence-electron chi connectivity index (χ0n) is 7.72. The highest BCUT2D eigenvalue weighted by Gasteiger charge is 2.42. The summed E-state index contributed by atoms with van der Waals surface area (Å²) in [5, 5.41) is 9.41. The average molecular weight is 229 g/mol. The van der Waals surface area contributed by atoms with E-state index in [9.17, 15) is 9.90 Å². The molecule has 78 valence electrons. The first-order valence-corrected chi connectivity index (χ1v) is 4.95. The SMILES string of the molecule is CCCC(O)C(Cl)(Cl)C(=O)OCC. The lowest BCUT2D eigenvalue weighted by Crippen LogP contribution is -2.40. The quantitative estimate of drug-likeness (QED) is 0.578. The van der Waals surface area contributed by atoms with Crippen LogP contribution in [0, 0.1) is 0 Å². The lowest BCUT2D eigenvalue weighted by Gasteiger charge is -2.22. The molecule has 0 rings (SSSR count). The molecular formula is C8H14Cl2O3. The Morgan fingerprint density at radius 2 is 2.08 bits per heavy atom. The van der Waals surface area contributed by atoms with Crippen molar-refractivity contribution in [2.45, 2.75) is 37.1 Å². The van der Waals surface area contributed by atoms with Gasteiger partial charge in [-0.05, 0) is 13.3 Å². The molecule has 0 aliphatic heterocycles. The molecule has 5 heteroatoms. The molecule has 3 nitrogen and oxygen atoms in total. The number of halogens is 2. The Bertz CT molecular complexity index is 171. The third kappa shape index (κ3) is 3.71. The second-order valence-corrected chi connectivity index (χ2v) is 4.03. The van der Waals surface area contributed by atoms with Crippen molar-refractivity contribution in [3.63, 3.8) is 0 Å². The molecule has 0 aliphatic carbocycles. The van der Waals surface area contributed by atoms with Crippen LogP contribution in [0.1, 0.15) is 26.7 Å². The normalized spacial score (nSPS) is 13.9. The minimum absolute atomic E-state index is 0.193. The van der Waals surface area contributed by atoms with Gasteiger partial charge >= 0.3 is 5.97 Å². The number of carbonyl (C=O) groups excluding carboxylic acids is 1. The van der Waals surface area contributed by atoms with Crippen LogP contribution in [0.2, 0.25) is 0 Å². The van der Waals surface area contributed by atoms with E-state index in [-0.39, 0.29) is 6.61 Å². The number of hydrogen-bond donors (Lipinski definition) is 1. The number of carbonyl (C=O) groups is 1. The predicted molar refractivity (Wildman–Crippen MR) is 52.0 cm³/mol. The Hall–Kier alpha value is 0.01000. The topological polar surface area (TPSA) is 46.5 Å². The van der Waals surface area contributed by atoms with E-state index in [1.54, 1.807) is 6.92 Å². The molecule has 0 aromatic heterocycles. The third-order valence-electron chi connectivity index (χ3n) is 1.53. The molecule has 1 unspecified atom stereocenters. The zero-order valence-corrected chi connectivity index (χ0v) is 9.23. The molecule has 0 aromatic rings. The minimum atomic E-state index is -1.84. The number of hydrogen-bond acceptors (Lipinski definition) is 3. The summed E-state index contributed by atoms with van der Waals surface area (Å²) in [6.45, 7) is 3.70. The van der Waals surface area contributed by atoms with Crippen LogP contribution >= 0.6 is 23.2 Å². The van der Waals surface area contributed by atoms with Gasteiger partial charge in [0.2, 0.25) is 4.33 Å². The van der Waals surface area contributed by atoms with Crippen LogP contribution in [0.4, 0.5) is 0 Å². The van der Waals surface area contributed by atoms with Crippen LogP contribution < -0.4 is 0 Å². The fourth-order valence-electron chi connectivity index (χ4n) is 0.818. The van der Waals surface area contributed by atoms with Crippen LogP contribution in [-0.2, 0) is 9.53 Å². The van der Waals surface area contributed by atoms with Crippen LogP contribution in [0.3, 0.4) is 0 Å². The number of rotatable bonds is 5. The summed E-state index contributed by atoms with van der Waals surface area (Å²) in [6.07, 6.45) is -0.0204.